The van der Waals surface area contributed by atoms with Crippen LogP contribution >= 0.6 is 0 Å². The van der Waals surface area contributed by atoms with Gasteiger partial charge in [0, 0.05) is 35.8 Å². The molecule has 2 aromatic carbocycles. The second kappa shape index (κ2) is 8.66. The van der Waals surface area contributed by atoms with Crippen molar-refractivity contribution in [3.05, 3.63) is 53.1 Å². The Morgan fingerprint density at radius 1 is 1.09 bits per heavy atom. The molecule has 1 N–H and O–H groups in total. The number of hydrazone groups is 1. The highest BCUT2D eigenvalue weighted by Crippen LogP contribution is 2.41. The minimum Gasteiger partial charge on any atom is -0.493 e. The molecule has 2 heterocycles. The molecular weight excluding hydrogens is 432 g/mol. The minimum atomic E-state index is -0.271. The SMILES string of the molecule is CNC(=O)N1N=C(c2ccc(N3C(=O)C4CC[C@H]3C4)cc2)c2cc(OC)c(OC)cc2C[C@H]1C. The van der Waals surface area contributed by atoms with Crippen LogP contribution in [0.4, 0.5) is 10.5 Å². The number of rotatable bonds is 4. The van der Waals surface area contributed by atoms with Crippen molar-refractivity contribution in [3.63, 3.8) is 0 Å². The van der Waals surface area contributed by atoms with E-state index in [0.717, 1.165) is 41.6 Å². The molecule has 1 saturated heterocycles. The lowest BCUT2D eigenvalue weighted by atomic mass is 9.93. The van der Waals surface area contributed by atoms with E-state index in [-0.39, 0.29) is 23.9 Å². The number of hydrogen-bond donors (Lipinski definition) is 1. The molecule has 1 saturated carbocycles. The number of benzene rings is 2. The molecule has 8 heteroatoms. The molecule has 2 bridgehead atoms. The van der Waals surface area contributed by atoms with E-state index >= 15 is 0 Å². The van der Waals surface area contributed by atoms with Gasteiger partial charge in [0.1, 0.15) is 0 Å². The second-order valence-corrected chi connectivity index (χ2v) is 9.18. The molecular formula is C26H30N4O4. The first-order valence-corrected chi connectivity index (χ1v) is 11.7. The van der Waals surface area contributed by atoms with Crippen molar-refractivity contribution in [3.8, 4) is 11.5 Å². The number of methoxy groups -OCH3 is 2. The van der Waals surface area contributed by atoms with Crippen LogP contribution in [-0.4, -0.2) is 56.0 Å². The highest BCUT2D eigenvalue weighted by molar-refractivity contribution is 6.15. The lowest BCUT2D eigenvalue weighted by Gasteiger charge is -2.27. The van der Waals surface area contributed by atoms with Crippen molar-refractivity contribution in [2.75, 3.05) is 26.2 Å². The fourth-order valence-electron chi connectivity index (χ4n) is 5.46. The first-order chi connectivity index (χ1) is 16.4. The largest absolute Gasteiger partial charge is 0.493 e. The number of hydrogen-bond acceptors (Lipinski definition) is 5. The van der Waals surface area contributed by atoms with Crippen molar-refractivity contribution in [1.82, 2.24) is 10.3 Å². The number of fused-ring (bicyclic) bond motifs is 3. The van der Waals surface area contributed by atoms with Crippen LogP contribution in [0.1, 0.15) is 42.9 Å². The third-order valence-electron chi connectivity index (χ3n) is 7.20. The topological polar surface area (TPSA) is 83.5 Å². The summed E-state index contributed by atoms with van der Waals surface area (Å²) in [5.74, 6) is 1.65. The molecule has 0 spiro atoms. The van der Waals surface area contributed by atoms with Gasteiger partial charge in [-0.15, -0.1) is 0 Å². The van der Waals surface area contributed by atoms with E-state index in [0.29, 0.717) is 29.7 Å². The van der Waals surface area contributed by atoms with Gasteiger partial charge in [0.25, 0.3) is 0 Å². The molecule has 34 heavy (non-hydrogen) atoms. The average Bonchev–Trinajstić information content (AvgIpc) is 3.42. The van der Waals surface area contributed by atoms with Gasteiger partial charge in [-0.05, 0) is 62.4 Å². The zero-order valence-corrected chi connectivity index (χ0v) is 20.0. The third-order valence-corrected chi connectivity index (χ3v) is 7.20. The minimum absolute atomic E-state index is 0.161. The van der Waals surface area contributed by atoms with Gasteiger partial charge in [0.2, 0.25) is 5.91 Å². The van der Waals surface area contributed by atoms with Crippen molar-refractivity contribution in [2.45, 2.75) is 44.7 Å². The highest BCUT2D eigenvalue weighted by Gasteiger charge is 2.45. The van der Waals surface area contributed by atoms with Crippen LogP contribution in [0.25, 0.3) is 0 Å². The molecule has 3 amide bonds. The standard InChI is InChI=1S/C26H30N4O4/c1-15-11-18-13-22(33-3)23(34-4)14-21(18)24(28-30(15)26(32)27-2)16-5-8-19(9-6-16)29-20-10-7-17(12-20)25(29)31/h5-6,8-9,13-15,17,20H,7,10-12H2,1-4H3,(H,27,32)/t15-,17?,20+/m1/s1. The Labute approximate surface area is 199 Å². The Balaban J connectivity index is 1.59. The fraction of sp³-hybridized carbons (Fsp3) is 0.423. The van der Waals surface area contributed by atoms with Gasteiger partial charge in [0.05, 0.1) is 26.0 Å². The monoisotopic (exact) mass is 462 g/mol. The van der Waals surface area contributed by atoms with Crippen molar-refractivity contribution in [2.24, 2.45) is 11.0 Å². The van der Waals surface area contributed by atoms with E-state index in [1.54, 1.807) is 21.3 Å². The molecule has 3 atom stereocenters. The number of carbonyl (C=O) groups is 2. The molecule has 2 fully saturated rings. The zero-order chi connectivity index (χ0) is 24.0. The summed E-state index contributed by atoms with van der Waals surface area (Å²) in [6.07, 6.45) is 3.64. The van der Waals surface area contributed by atoms with Gasteiger partial charge in [-0.25, -0.2) is 9.80 Å². The number of anilines is 1. The van der Waals surface area contributed by atoms with Crippen LogP contribution in [0.5, 0.6) is 11.5 Å². The van der Waals surface area contributed by atoms with Gasteiger partial charge in [-0.1, -0.05) is 12.1 Å². The quantitative estimate of drug-likeness (QED) is 0.753. The number of amides is 3. The van der Waals surface area contributed by atoms with E-state index in [1.165, 1.54) is 5.01 Å². The van der Waals surface area contributed by atoms with E-state index < -0.39 is 0 Å². The van der Waals surface area contributed by atoms with Gasteiger partial charge < -0.3 is 19.7 Å². The molecule has 2 aliphatic heterocycles. The Bertz CT molecular complexity index is 1160. The van der Waals surface area contributed by atoms with Gasteiger partial charge in [-0.3, -0.25) is 4.79 Å². The summed E-state index contributed by atoms with van der Waals surface area (Å²) in [6, 6.07) is 11.7. The molecule has 0 aromatic heterocycles. The maximum absolute atomic E-state index is 12.7. The van der Waals surface area contributed by atoms with Crippen LogP contribution in [0.15, 0.2) is 41.5 Å². The van der Waals surface area contributed by atoms with Crippen molar-refractivity contribution >= 4 is 23.3 Å². The third kappa shape index (κ3) is 3.57. The highest BCUT2D eigenvalue weighted by atomic mass is 16.5. The Kier molecular flexibility index (Phi) is 5.67. The summed E-state index contributed by atoms with van der Waals surface area (Å²) >= 11 is 0. The molecule has 8 nitrogen and oxygen atoms in total. The predicted octanol–water partition coefficient (Wildman–Crippen LogP) is 3.56. The van der Waals surface area contributed by atoms with Crippen molar-refractivity contribution < 1.29 is 19.1 Å². The molecule has 1 unspecified atom stereocenters. The maximum atomic E-state index is 12.7. The van der Waals surface area contributed by atoms with Crippen LogP contribution in [-0.2, 0) is 11.2 Å². The summed E-state index contributed by atoms with van der Waals surface area (Å²) in [6.45, 7) is 1.97. The van der Waals surface area contributed by atoms with Crippen LogP contribution in [0.3, 0.4) is 0 Å². The summed E-state index contributed by atoms with van der Waals surface area (Å²) in [5, 5.41) is 8.99. The van der Waals surface area contributed by atoms with Gasteiger partial charge >= 0.3 is 6.03 Å². The lowest BCUT2D eigenvalue weighted by molar-refractivity contribution is -0.121. The predicted molar refractivity (Wildman–Crippen MR) is 130 cm³/mol. The van der Waals surface area contributed by atoms with E-state index in [1.807, 2.05) is 48.2 Å². The van der Waals surface area contributed by atoms with Crippen molar-refractivity contribution in [1.29, 1.82) is 0 Å². The number of ether oxygens (including phenoxy) is 2. The molecule has 5 rings (SSSR count). The molecule has 0 radical (unpaired) electrons. The Hall–Kier alpha value is -3.55. The van der Waals surface area contributed by atoms with Crippen LogP contribution in [0, 0.1) is 5.92 Å². The fourth-order valence-corrected chi connectivity index (χ4v) is 5.46. The maximum Gasteiger partial charge on any atom is 0.337 e. The van der Waals surface area contributed by atoms with E-state index in [9.17, 15) is 9.59 Å². The number of nitrogens with zero attached hydrogens (tertiary/aromatic N) is 3. The number of urea groups is 1. The van der Waals surface area contributed by atoms with E-state index in [4.69, 9.17) is 14.6 Å². The molecule has 2 aromatic rings. The van der Waals surface area contributed by atoms with Crippen LogP contribution < -0.4 is 19.7 Å². The number of nitrogens with one attached hydrogen (secondary N) is 1. The molecule has 1 aliphatic carbocycles. The van der Waals surface area contributed by atoms with Gasteiger partial charge in [0.15, 0.2) is 11.5 Å². The molecule has 178 valence electrons. The summed E-state index contributed by atoms with van der Waals surface area (Å²) in [5.41, 5.74) is 4.35. The number of piperidine rings is 1. The Morgan fingerprint density at radius 3 is 2.41 bits per heavy atom. The Morgan fingerprint density at radius 2 is 1.79 bits per heavy atom. The zero-order valence-electron chi connectivity index (χ0n) is 20.0. The smallest absolute Gasteiger partial charge is 0.337 e. The summed E-state index contributed by atoms with van der Waals surface area (Å²) < 4.78 is 11.1. The van der Waals surface area contributed by atoms with E-state index in [2.05, 4.69) is 5.32 Å². The lowest BCUT2D eigenvalue weighted by Crippen LogP contribution is -2.41. The first-order valence-electron chi connectivity index (χ1n) is 11.7. The normalized spacial score (nSPS) is 23.4. The van der Waals surface area contributed by atoms with Gasteiger partial charge in [-0.2, -0.15) is 5.10 Å². The number of carbonyl (C=O) groups excluding carboxylic acids is 2. The second-order valence-electron chi connectivity index (χ2n) is 9.18. The summed E-state index contributed by atoms with van der Waals surface area (Å²) in [4.78, 5) is 27.3. The average molecular weight is 463 g/mol. The first kappa shape index (κ1) is 22.3. The van der Waals surface area contributed by atoms with Crippen LogP contribution in [0.2, 0.25) is 0 Å². The summed E-state index contributed by atoms with van der Waals surface area (Å²) in [7, 11) is 4.82. The molecule has 3 aliphatic rings.